The molecular formula is C14H15ClN4O. The van der Waals surface area contributed by atoms with Crippen LogP contribution in [0.2, 0.25) is 5.02 Å². The van der Waals surface area contributed by atoms with Gasteiger partial charge in [-0.25, -0.2) is 0 Å². The number of aryl methyl sites for hydroxylation is 2. The first kappa shape index (κ1) is 14.3. The number of anilines is 2. The van der Waals surface area contributed by atoms with Crippen LogP contribution in [0.1, 0.15) is 28.7 Å². The van der Waals surface area contributed by atoms with Gasteiger partial charge < -0.3 is 11.1 Å². The summed E-state index contributed by atoms with van der Waals surface area (Å²) in [6, 6.07) is 6.68. The predicted molar refractivity (Wildman–Crippen MR) is 80.0 cm³/mol. The number of nitrogens with zero attached hydrogens (tertiary/aromatic N) is 2. The summed E-state index contributed by atoms with van der Waals surface area (Å²) in [4.78, 5) is 12.3. The number of nitrogens with two attached hydrogens (primary N) is 1. The van der Waals surface area contributed by atoms with Crippen LogP contribution in [0, 0.1) is 6.92 Å². The summed E-state index contributed by atoms with van der Waals surface area (Å²) in [6.07, 6.45) is 0.638. The Morgan fingerprint density at radius 2 is 2.10 bits per heavy atom. The zero-order chi connectivity index (χ0) is 14.7. The van der Waals surface area contributed by atoms with Gasteiger partial charge in [0.1, 0.15) is 0 Å². The summed E-state index contributed by atoms with van der Waals surface area (Å²) in [6.45, 7) is 3.72. The van der Waals surface area contributed by atoms with Crippen molar-refractivity contribution in [2.45, 2.75) is 20.3 Å². The highest BCUT2D eigenvalue weighted by molar-refractivity contribution is 6.33. The van der Waals surface area contributed by atoms with Crippen molar-refractivity contribution in [3.8, 4) is 0 Å². The first-order valence-corrected chi connectivity index (χ1v) is 6.58. The van der Waals surface area contributed by atoms with Gasteiger partial charge in [0.2, 0.25) is 0 Å². The largest absolute Gasteiger partial charge is 0.397 e. The standard InChI is InChI=1S/C14H15ClN4O/c1-3-13-10(6-8(2)18-19-13)14(20)17-9-4-5-11(15)12(16)7-9/h4-7H,3,16H2,1-2H3,(H,17,20). The molecular weight excluding hydrogens is 276 g/mol. The molecule has 0 aliphatic heterocycles. The van der Waals surface area contributed by atoms with Crippen molar-refractivity contribution in [3.63, 3.8) is 0 Å². The molecule has 0 atom stereocenters. The molecule has 1 amide bonds. The number of halogens is 1. The predicted octanol–water partition coefficient (Wildman–Crippen LogP) is 2.84. The Balaban J connectivity index is 2.27. The molecule has 0 aliphatic rings. The summed E-state index contributed by atoms with van der Waals surface area (Å²) in [5.74, 6) is -0.235. The number of rotatable bonds is 3. The van der Waals surface area contributed by atoms with E-state index in [1.54, 1.807) is 31.2 Å². The van der Waals surface area contributed by atoms with Crippen LogP contribution >= 0.6 is 11.6 Å². The van der Waals surface area contributed by atoms with E-state index in [9.17, 15) is 4.79 Å². The highest BCUT2D eigenvalue weighted by Crippen LogP contribution is 2.23. The van der Waals surface area contributed by atoms with Crippen molar-refractivity contribution in [1.29, 1.82) is 0 Å². The van der Waals surface area contributed by atoms with E-state index in [4.69, 9.17) is 17.3 Å². The Hall–Kier alpha value is -2.14. The van der Waals surface area contributed by atoms with Crippen molar-refractivity contribution in [2.24, 2.45) is 0 Å². The molecule has 0 spiro atoms. The second kappa shape index (κ2) is 5.88. The van der Waals surface area contributed by atoms with Crippen LogP contribution < -0.4 is 11.1 Å². The molecule has 0 unspecified atom stereocenters. The summed E-state index contributed by atoms with van der Waals surface area (Å²) in [7, 11) is 0. The molecule has 6 heteroatoms. The van der Waals surface area contributed by atoms with Crippen LogP contribution in [-0.2, 0) is 6.42 Å². The summed E-state index contributed by atoms with van der Waals surface area (Å²) < 4.78 is 0. The number of benzene rings is 1. The summed E-state index contributed by atoms with van der Waals surface area (Å²) in [5, 5.41) is 11.2. The van der Waals surface area contributed by atoms with Crippen LogP contribution in [0.3, 0.4) is 0 Å². The van der Waals surface area contributed by atoms with Crippen molar-refractivity contribution < 1.29 is 4.79 Å². The third-order valence-corrected chi connectivity index (χ3v) is 3.17. The minimum atomic E-state index is -0.235. The number of carbonyl (C=O) groups excluding carboxylic acids is 1. The number of aromatic nitrogens is 2. The third-order valence-electron chi connectivity index (χ3n) is 2.83. The molecule has 2 rings (SSSR count). The Kier molecular flexibility index (Phi) is 4.20. The van der Waals surface area contributed by atoms with Crippen molar-refractivity contribution in [1.82, 2.24) is 10.2 Å². The molecule has 1 aromatic carbocycles. The average molecular weight is 291 g/mol. The number of hydrogen-bond acceptors (Lipinski definition) is 4. The maximum atomic E-state index is 12.3. The first-order chi connectivity index (χ1) is 9.51. The molecule has 1 heterocycles. The molecule has 0 aliphatic carbocycles. The fourth-order valence-corrected chi connectivity index (χ4v) is 1.91. The van der Waals surface area contributed by atoms with Crippen LogP contribution in [0.4, 0.5) is 11.4 Å². The number of hydrogen-bond donors (Lipinski definition) is 2. The van der Waals surface area contributed by atoms with Gasteiger partial charge in [-0.15, -0.1) is 0 Å². The molecule has 20 heavy (non-hydrogen) atoms. The normalized spacial score (nSPS) is 10.3. The molecule has 0 saturated heterocycles. The second-order valence-electron chi connectivity index (χ2n) is 4.39. The molecule has 104 valence electrons. The highest BCUT2D eigenvalue weighted by atomic mass is 35.5. The fraction of sp³-hybridized carbons (Fsp3) is 0.214. The monoisotopic (exact) mass is 290 g/mol. The number of nitrogen functional groups attached to an aromatic ring is 1. The Labute approximate surface area is 122 Å². The van der Waals surface area contributed by atoms with Gasteiger partial charge >= 0.3 is 0 Å². The zero-order valence-electron chi connectivity index (χ0n) is 11.3. The zero-order valence-corrected chi connectivity index (χ0v) is 12.0. The van der Waals surface area contributed by atoms with Gasteiger partial charge in [0.25, 0.3) is 5.91 Å². The lowest BCUT2D eigenvalue weighted by Crippen LogP contribution is -2.16. The molecule has 0 bridgehead atoms. The highest BCUT2D eigenvalue weighted by Gasteiger charge is 2.13. The topological polar surface area (TPSA) is 80.9 Å². The lowest BCUT2D eigenvalue weighted by atomic mass is 10.1. The minimum absolute atomic E-state index is 0.235. The van der Waals surface area contributed by atoms with Crippen molar-refractivity contribution in [3.05, 3.63) is 46.2 Å². The van der Waals surface area contributed by atoms with Crippen LogP contribution in [-0.4, -0.2) is 16.1 Å². The van der Waals surface area contributed by atoms with Gasteiger partial charge in [-0.3, -0.25) is 4.79 Å². The maximum absolute atomic E-state index is 12.3. The van der Waals surface area contributed by atoms with E-state index in [2.05, 4.69) is 15.5 Å². The molecule has 0 fully saturated rings. The second-order valence-corrected chi connectivity index (χ2v) is 4.80. The maximum Gasteiger partial charge on any atom is 0.257 e. The van der Waals surface area contributed by atoms with E-state index in [1.165, 1.54) is 0 Å². The van der Waals surface area contributed by atoms with Crippen LogP contribution in [0.15, 0.2) is 24.3 Å². The molecule has 3 N–H and O–H groups in total. The SMILES string of the molecule is CCc1nnc(C)cc1C(=O)Nc1ccc(Cl)c(N)c1. The number of carbonyl (C=O) groups is 1. The fourth-order valence-electron chi connectivity index (χ4n) is 1.79. The molecule has 0 saturated carbocycles. The smallest absolute Gasteiger partial charge is 0.257 e. The first-order valence-electron chi connectivity index (χ1n) is 6.21. The molecule has 0 radical (unpaired) electrons. The Morgan fingerprint density at radius 3 is 2.75 bits per heavy atom. The number of nitrogens with one attached hydrogen (secondary N) is 1. The third kappa shape index (κ3) is 3.05. The van der Waals surface area contributed by atoms with Crippen molar-refractivity contribution >= 4 is 28.9 Å². The van der Waals surface area contributed by atoms with Gasteiger partial charge in [0.15, 0.2) is 0 Å². The molecule has 1 aromatic heterocycles. The van der Waals surface area contributed by atoms with E-state index >= 15 is 0 Å². The van der Waals surface area contributed by atoms with Gasteiger partial charge in [0.05, 0.1) is 27.7 Å². The van der Waals surface area contributed by atoms with E-state index in [1.807, 2.05) is 6.92 Å². The quantitative estimate of drug-likeness (QED) is 0.852. The Morgan fingerprint density at radius 1 is 1.35 bits per heavy atom. The van der Waals surface area contributed by atoms with Gasteiger partial charge in [-0.2, -0.15) is 10.2 Å². The average Bonchev–Trinajstić information content (AvgIpc) is 2.43. The van der Waals surface area contributed by atoms with Gasteiger partial charge in [-0.1, -0.05) is 18.5 Å². The van der Waals surface area contributed by atoms with Gasteiger partial charge in [0, 0.05) is 5.69 Å². The van der Waals surface area contributed by atoms with Crippen LogP contribution in [0.5, 0.6) is 0 Å². The summed E-state index contributed by atoms with van der Waals surface area (Å²) >= 11 is 5.85. The van der Waals surface area contributed by atoms with Crippen LogP contribution in [0.25, 0.3) is 0 Å². The minimum Gasteiger partial charge on any atom is -0.397 e. The van der Waals surface area contributed by atoms with Crippen molar-refractivity contribution in [2.75, 3.05) is 11.1 Å². The molecule has 2 aromatic rings. The lowest BCUT2D eigenvalue weighted by Gasteiger charge is -2.09. The van der Waals surface area contributed by atoms with E-state index in [0.29, 0.717) is 39.8 Å². The number of amides is 1. The van der Waals surface area contributed by atoms with Gasteiger partial charge in [-0.05, 0) is 37.6 Å². The van der Waals surface area contributed by atoms with E-state index in [0.717, 1.165) is 0 Å². The Bertz CT molecular complexity index is 658. The molecule has 5 nitrogen and oxygen atoms in total. The van der Waals surface area contributed by atoms with E-state index in [-0.39, 0.29) is 5.91 Å². The van der Waals surface area contributed by atoms with E-state index < -0.39 is 0 Å². The summed E-state index contributed by atoms with van der Waals surface area (Å²) in [5.41, 5.74) is 8.60. The lowest BCUT2D eigenvalue weighted by molar-refractivity contribution is 0.102.